The SMILES string of the molecule is Cc1ccc(C(=O)C2=NOC(Cc3ccccc3)C2)cc1. The molecule has 0 fully saturated rings. The molecular weight excluding hydrogens is 262 g/mol. The molecule has 1 heterocycles. The number of aryl methyl sites for hydroxylation is 1. The van der Waals surface area contributed by atoms with Gasteiger partial charge in [0.2, 0.25) is 5.78 Å². The van der Waals surface area contributed by atoms with Crippen LogP contribution in [0, 0.1) is 6.92 Å². The zero-order chi connectivity index (χ0) is 14.7. The standard InChI is InChI=1S/C18H17NO2/c1-13-7-9-15(10-8-13)18(20)17-12-16(21-19-17)11-14-5-3-2-4-6-14/h2-10,16H,11-12H2,1H3. The second-order valence-electron chi connectivity index (χ2n) is 5.35. The van der Waals surface area contributed by atoms with Crippen molar-refractivity contribution >= 4 is 11.5 Å². The molecule has 0 saturated carbocycles. The smallest absolute Gasteiger partial charge is 0.210 e. The minimum absolute atomic E-state index is 0.0365. The van der Waals surface area contributed by atoms with Gasteiger partial charge in [-0.25, -0.2) is 0 Å². The fourth-order valence-corrected chi connectivity index (χ4v) is 2.42. The van der Waals surface area contributed by atoms with Gasteiger partial charge in [0.15, 0.2) is 0 Å². The van der Waals surface area contributed by atoms with E-state index in [9.17, 15) is 4.79 Å². The highest BCUT2D eigenvalue weighted by Gasteiger charge is 2.26. The van der Waals surface area contributed by atoms with E-state index >= 15 is 0 Å². The fourth-order valence-electron chi connectivity index (χ4n) is 2.42. The molecule has 0 aliphatic carbocycles. The van der Waals surface area contributed by atoms with E-state index in [-0.39, 0.29) is 11.9 Å². The van der Waals surface area contributed by atoms with Gasteiger partial charge in [0.05, 0.1) is 0 Å². The van der Waals surface area contributed by atoms with Crippen molar-refractivity contribution < 1.29 is 9.63 Å². The first kappa shape index (κ1) is 13.6. The Balaban J connectivity index is 1.64. The minimum atomic E-state index is -0.0446. The number of Topliss-reactive ketones (excluding diaryl/α,β-unsaturated/α-hetero) is 1. The molecule has 2 aromatic rings. The summed E-state index contributed by atoms with van der Waals surface area (Å²) in [4.78, 5) is 17.7. The van der Waals surface area contributed by atoms with Crippen molar-refractivity contribution in [2.24, 2.45) is 5.16 Å². The van der Waals surface area contributed by atoms with Crippen molar-refractivity contribution in [1.29, 1.82) is 0 Å². The quantitative estimate of drug-likeness (QED) is 0.803. The van der Waals surface area contributed by atoms with Gasteiger partial charge in [-0.15, -0.1) is 0 Å². The lowest BCUT2D eigenvalue weighted by atomic mass is 9.99. The van der Waals surface area contributed by atoms with Crippen LogP contribution in [0.2, 0.25) is 0 Å². The second-order valence-corrected chi connectivity index (χ2v) is 5.35. The third kappa shape index (κ3) is 3.19. The Morgan fingerprint density at radius 1 is 1.14 bits per heavy atom. The first-order valence-corrected chi connectivity index (χ1v) is 7.10. The highest BCUT2D eigenvalue weighted by molar-refractivity contribution is 6.46. The molecule has 0 amide bonds. The third-order valence-corrected chi connectivity index (χ3v) is 3.62. The number of ketones is 1. The van der Waals surface area contributed by atoms with Crippen molar-refractivity contribution in [2.45, 2.75) is 25.9 Å². The molecule has 3 heteroatoms. The monoisotopic (exact) mass is 279 g/mol. The molecule has 21 heavy (non-hydrogen) atoms. The molecule has 2 aromatic carbocycles. The van der Waals surface area contributed by atoms with Gasteiger partial charge in [0.25, 0.3) is 0 Å². The van der Waals surface area contributed by atoms with Crippen molar-refractivity contribution in [1.82, 2.24) is 0 Å². The van der Waals surface area contributed by atoms with Crippen LogP contribution in [-0.2, 0) is 11.3 Å². The maximum atomic E-state index is 12.3. The van der Waals surface area contributed by atoms with Gasteiger partial charge in [-0.05, 0) is 12.5 Å². The summed E-state index contributed by atoms with van der Waals surface area (Å²) in [6, 6.07) is 17.7. The topological polar surface area (TPSA) is 38.7 Å². The van der Waals surface area contributed by atoms with E-state index in [0.29, 0.717) is 17.7 Å². The number of hydrogen-bond acceptors (Lipinski definition) is 3. The molecule has 106 valence electrons. The Morgan fingerprint density at radius 3 is 2.57 bits per heavy atom. The number of nitrogens with zero attached hydrogens (tertiary/aromatic N) is 1. The van der Waals surface area contributed by atoms with Gasteiger partial charge in [0, 0.05) is 18.4 Å². The summed E-state index contributed by atoms with van der Waals surface area (Å²) in [5.41, 5.74) is 3.52. The number of rotatable bonds is 4. The lowest BCUT2D eigenvalue weighted by Crippen LogP contribution is -2.17. The average molecular weight is 279 g/mol. The summed E-state index contributed by atoms with van der Waals surface area (Å²) in [5.74, 6) is -0.0365. The van der Waals surface area contributed by atoms with Gasteiger partial charge >= 0.3 is 0 Å². The molecule has 1 atom stereocenters. The van der Waals surface area contributed by atoms with E-state index in [1.54, 1.807) is 0 Å². The van der Waals surface area contributed by atoms with Crippen LogP contribution in [0.1, 0.15) is 27.9 Å². The summed E-state index contributed by atoms with van der Waals surface area (Å²) in [5, 5.41) is 3.98. The Bertz CT molecular complexity index is 659. The van der Waals surface area contributed by atoms with Crippen LogP contribution in [0.4, 0.5) is 0 Å². The van der Waals surface area contributed by atoms with Crippen molar-refractivity contribution in [2.75, 3.05) is 0 Å². The molecule has 0 saturated heterocycles. The van der Waals surface area contributed by atoms with Gasteiger partial charge in [0.1, 0.15) is 11.8 Å². The number of benzene rings is 2. The van der Waals surface area contributed by atoms with E-state index in [1.165, 1.54) is 5.56 Å². The molecule has 0 bridgehead atoms. The van der Waals surface area contributed by atoms with Crippen molar-refractivity contribution in [3.05, 3.63) is 71.3 Å². The molecule has 0 spiro atoms. The second kappa shape index (κ2) is 5.92. The van der Waals surface area contributed by atoms with E-state index in [1.807, 2.05) is 49.4 Å². The van der Waals surface area contributed by atoms with Crippen LogP contribution in [-0.4, -0.2) is 17.6 Å². The zero-order valence-corrected chi connectivity index (χ0v) is 12.0. The lowest BCUT2D eigenvalue weighted by molar-refractivity contribution is 0.0858. The highest BCUT2D eigenvalue weighted by atomic mass is 16.6. The van der Waals surface area contributed by atoms with Gasteiger partial charge < -0.3 is 4.84 Å². The largest absolute Gasteiger partial charge is 0.391 e. The maximum absolute atomic E-state index is 12.3. The van der Waals surface area contributed by atoms with Gasteiger partial charge in [-0.2, -0.15) is 0 Å². The lowest BCUT2D eigenvalue weighted by Gasteiger charge is -2.07. The summed E-state index contributed by atoms with van der Waals surface area (Å²) in [6.45, 7) is 2.00. The Morgan fingerprint density at radius 2 is 1.86 bits per heavy atom. The van der Waals surface area contributed by atoms with E-state index in [0.717, 1.165) is 12.0 Å². The molecule has 3 nitrogen and oxygen atoms in total. The normalized spacial score (nSPS) is 17.2. The van der Waals surface area contributed by atoms with Crippen molar-refractivity contribution in [3.8, 4) is 0 Å². The minimum Gasteiger partial charge on any atom is -0.391 e. The summed E-state index contributed by atoms with van der Waals surface area (Å²) >= 11 is 0. The molecule has 3 rings (SSSR count). The molecule has 1 unspecified atom stereocenters. The van der Waals surface area contributed by atoms with Crippen LogP contribution in [0.25, 0.3) is 0 Å². The highest BCUT2D eigenvalue weighted by Crippen LogP contribution is 2.18. The predicted molar refractivity (Wildman–Crippen MR) is 82.6 cm³/mol. The third-order valence-electron chi connectivity index (χ3n) is 3.62. The molecule has 0 radical (unpaired) electrons. The van der Waals surface area contributed by atoms with Crippen LogP contribution in [0.15, 0.2) is 59.8 Å². The number of oxime groups is 1. The van der Waals surface area contributed by atoms with Crippen LogP contribution in [0.3, 0.4) is 0 Å². The number of carbonyl (C=O) groups is 1. The number of carbonyl (C=O) groups excluding carboxylic acids is 1. The Labute approximate surface area is 124 Å². The van der Waals surface area contributed by atoms with E-state index in [2.05, 4.69) is 17.3 Å². The zero-order valence-electron chi connectivity index (χ0n) is 12.0. The molecule has 0 N–H and O–H groups in total. The summed E-state index contributed by atoms with van der Waals surface area (Å²) in [6.07, 6.45) is 1.30. The Kier molecular flexibility index (Phi) is 3.82. The van der Waals surface area contributed by atoms with Crippen LogP contribution < -0.4 is 0 Å². The summed E-state index contributed by atoms with van der Waals surface area (Å²) in [7, 11) is 0. The van der Waals surface area contributed by atoms with Crippen LogP contribution >= 0.6 is 0 Å². The van der Waals surface area contributed by atoms with Crippen molar-refractivity contribution in [3.63, 3.8) is 0 Å². The fraction of sp³-hybridized carbons (Fsp3) is 0.222. The maximum Gasteiger partial charge on any atom is 0.210 e. The average Bonchev–Trinajstić information content (AvgIpc) is 2.97. The number of hydrogen-bond donors (Lipinski definition) is 0. The molecule has 0 aromatic heterocycles. The predicted octanol–water partition coefficient (Wildman–Crippen LogP) is 3.57. The Hall–Kier alpha value is -2.42. The molecule has 1 aliphatic heterocycles. The first-order chi connectivity index (χ1) is 10.2. The first-order valence-electron chi connectivity index (χ1n) is 7.10. The molecule has 1 aliphatic rings. The summed E-state index contributed by atoms with van der Waals surface area (Å²) < 4.78 is 0. The van der Waals surface area contributed by atoms with E-state index < -0.39 is 0 Å². The van der Waals surface area contributed by atoms with Gasteiger partial charge in [-0.3, -0.25) is 4.79 Å². The van der Waals surface area contributed by atoms with Gasteiger partial charge in [-0.1, -0.05) is 65.3 Å². The van der Waals surface area contributed by atoms with Crippen LogP contribution in [0.5, 0.6) is 0 Å². The molecular formula is C18H17NO2. The van der Waals surface area contributed by atoms with E-state index in [4.69, 9.17) is 4.84 Å².